The third kappa shape index (κ3) is 1.45. The highest BCUT2D eigenvalue weighted by atomic mass is 32.1. The van der Waals surface area contributed by atoms with E-state index in [1.807, 2.05) is 18.7 Å². The molecule has 3 aromatic rings. The maximum absolute atomic E-state index is 5.86. The molecule has 2 N–H and O–H groups in total. The van der Waals surface area contributed by atoms with Crippen LogP contribution in [0, 0.1) is 6.92 Å². The molecule has 0 aliphatic carbocycles. The van der Waals surface area contributed by atoms with Crippen LogP contribution in [-0.2, 0) is 7.05 Å². The zero-order valence-electron chi connectivity index (χ0n) is 9.77. The molecule has 2 heterocycles. The number of rotatable bonds is 1. The minimum atomic E-state index is 0.609. The topological polar surface area (TPSA) is 43.8 Å². The first-order valence-electron chi connectivity index (χ1n) is 5.44. The van der Waals surface area contributed by atoms with Gasteiger partial charge >= 0.3 is 0 Å². The predicted octanol–water partition coefficient (Wildman–Crippen LogP) is 3.19. The molecule has 0 spiro atoms. The van der Waals surface area contributed by atoms with Crippen LogP contribution in [-0.4, -0.2) is 9.78 Å². The van der Waals surface area contributed by atoms with Crippen LogP contribution in [0.2, 0.25) is 0 Å². The lowest BCUT2D eigenvalue weighted by Crippen LogP contribution is -1.94. The van der Waals surface area contributed by atoms with E-state index in [1.54, 1.807) is 11.3 Å². The van der Waals surface area contributed by atoms with Gasteiger partial charge in [0, 0.05) is 33.6 Å². The summed E-state index contributed by atoms with van der Waals surface area (Å²) in [7, 11) is 1.94. The molecule has 1 aromatic carbocycles. The number of nitrogens with two attached hydrogens (primary N) is 1. The van der Waals surface area contributed by atoms with Crippen LogP contribution in [0.3, 0.4) is 0 Å². The number of nitrogen functional groups attached to an aromatic ring is 1. The van der Waals surface area contributed by atoms with Gasteiger partial charge < -0.3 is 5.73 Å². The minimum absolute atomic E-state index is 0.609. The maximum atomic E-state index is 5.86. The molecule has 0 bridgehead atoms. The van der Waals surface area contributed by atoms with Crippen molar-refractivity contribution in [2.75, 3.05) is 5.73 Å². The first-order valence-corrected chi connectivity index (χ1v) is 6.32. The highest BCUT2D eigenvalue weighted by Crippen LogP contribution is 2.36. The highest BCUT2D eigenvalue weighted by molar-refractivity contribution is 7.17. The maximum Gasteiger partial charge on any atom is 0.148 e. The molecule has 0 unspecified atom stereocenters. The van der Waals surface area contributed by atoms with Gasteiger partial charge in [0.2, 0.25) is 0 Å². The van der Waals surface area contributed by atoms with Crippen LogP contribution in [0.25, 0.3) is 21.3 Å². The van der Waals surface area contributed by atoms with Gasteiger partial charge in [-0.2, -0.15) is 5.10 Å². The molecule has 3 rings (SSSR count). The normalized spacial score (nSPS) is 11.2. The summed E-state index contributed by atoms with van der Waals surface area (Å²) in [4.78, 5) is 0. The van der Waals surface area contributed by atoms with E-state index in [0.29, 0.717) is 5.82 Å². The van der Waals surface area contributed by atoms with Crippen molar-refractivity contribution in [1.82, 2.24) is 9.78 Å². The van der Waals surface area contributed by atoms with E-state index in [0.717, 1.165) is 11.3 Å². The average molecular weight is 243 g/mol. The second-order valence-corrected chi connectivity index (χ2v) is 5.04. The number of hydrogen-bond donors (Lipinski definition) is 1. The molecule has 86 valence electrons. The first kappa shape index (κ1) is 10.4. The molecule has 3 nitrogen and oxygen atoms in total. The molecule has 0 saturated heterocycles. The molecular formula is C13H13N3S. The van der Waals surface area contributed by atoms with Gasteiger partial charge in [0.15, 0.2) is 0 Å². The minimum Gasteiger partial charge on any atom is -0.382 e. The molecule has 0 fully saturated rings. The number of aromatic nitrogens is 2. The van der Waals surface area contributed by atoms with Crippen molar-refractivity contribution in [3.8, 4) is 11.3 Å². The van der Waals surface area contributed by atoms with Crippen molar-refractivity contribution in [1.29, 1.82) is 0 Å². The molecule has 17 heavy (non-hydrogen) atoms. The zero-order valence-corrected chi connectivity index (χ0v) is 10.6. The molecule has 2 aromatic heterocycles. The smallest absolute Gasteiger partial charge is 0.148 e. The van der Waals surface area contributed by atoms with E-state index in [4.69, 9.17) is 5.73 Å². The van der Waals surface area contributed by atoms with Crippen molar-refractivity contribution in [3.05, 3.63) is 35.2 Å². The zero-order chi connectivity index (χ0) is 12.0. The quantitative estimate of drug-likeness (QED) is 0.713. The fourth-order valence-electron chi connectivity index (χ4n) is 2.19. The van der Waals surface area contributed by atoms with Crippen molar-refractivity contribution in [3.63, 3.8) is 0 Å². The highest BCUT2D eigenvalue weighted by Gasteiger charge is 2.15. The number of nitrogens with zero attached hydrogens (tertiary/aromatic N) is 2. The SMILES string of the molecule is Cc1c(N)nn(C)c1-c1csc2ccccc12. The standard InChI is InChI=1S/C13H13N3S/c1-8-12(16(2)15-13(8)14)10-7-17-11-6-4-3-5-9(10)11/h3-7H,1-2H3,(H2,14,15). The van der Waals surface area contributed by atoms with Gasteiger partial charge in [-0.25, -0.2) is 0 Å². The monoisotopic (exact) mass is 243 g/mol. The van der Waals surface area contributed by atoms with Crippen LogP contribution in [0.15, 0.2) is 29.6 Å². The number of fused-ring (bicyclic) bond motifs is 1. The fourth-order valence-corrected chi connectivity index (χ4v) is 3.13. The van der Waals surface area contributed by atoms with Crippen LogP contribution in [0.4, 0.5) is 5.82 Å². The van der Waals surface area contributed by atoms with E-state index >= 15 is 0 Å². The summed E-state index contributed by atoms with van der Waals surface area (Å²) in [5, 5.41) is 7.71. The van der Waals surface area contributed by atoms with E-state index in [2.05, 4.69) is 34.7 Å². The van der Waals surface area contributed by atoms with Crippen LogP contribution < -0.4 is 5.73 Å². The summed E-state index contributed by atoms with van der Waals surface area (Å²) in [5.41, 5.74) is 9.24. The van der Waals surface area contributed by atoms with Gasteiger partial charge in [-0.15, -0.1) is 11.3 Å². The lowest BCUT2D eigenvalue weighted by Gasteiger charge is -2.02. The number of anilines is 1. The third-order valence-corrected chi connectivity index (χ3v) is 4.02. The van der Waals surface area contributed by atoms with Crippen molar-refractivity contribution in [2.45, 2.75) is 6.92 Å². The Bertz CT molecular complexity index is 694. The summed E-state index contributed by atoms with van der Waals surface area (Å²) >= 11 is 1.75. The third-order valence-electron chi connectivity index (χ3n) is 3.06. The Kier molecular flexibility index (Phi) is 2.19. The Labute approximate surface area is 103 Å². The molecule has 0 aliphatic heterocycles. The molecule has 0 saturated carbocycles. The van der Waals surface area contributed by atoms with Gasteiger partial charge in [0.05, 0.1) is 5.69 Å². The van der Waals surface area contributed by atoms with Crippen LogP contribution in [0.5, 0.6) is 0 Å². The van der Waals surface area contributed by atoms with Gasteiger partial charge in [-0.3, -0.25) is 4.68 Å². The lowest BCUT2D eigenvalue weighted by molar-refractivity contribution is 0.781. The molecule has 0 radical (unpaired) electrons. The van der Waals surface area contributed by atoms with Gasteiger partial charge in [0.25, 0.3) is 0 Å². The predicted molar refractivity (Wildman–Crippen MR) is 73.2 cm³/mol. The van der Waals surface area contributed by atoms with Crippen LogP contribution in [0.1, 0.15) is 5.56 Å². The van der Waals surface area contributed by atoms with Crippen molar-refractivity contribution in [2.24, 2.45) is 7.05 Å². The summed E-state index contributed by atoms with van der Waals surface area (Å²) < 4.78 is 3.15. The lowest BCUT2D eigenvalue weighted by atomic mass is 10.1. The van der Waals surface area contributed by atoms with Gasteiger partial charge in [-0.1, -0.05) is 18.2 Å². The summed E-state index contributed by atoms with van der Waals surface area (Å²) in [6, 6.07) is 8.41. The number of hydrogen-bond acceptors (Lipinski definition) is 3. The molecular weight excluding hydrogens is 230 g/mol. The number of benzene rings is 1. The molecule has 0 aliphatic rings. The van der Waals surface area contributed by atoms with Crippen molar-refractivity contribution >= 4 is 27.2 Å². The van der Waals surface area contributed by atoms with E-state index in [1.165, 1.54) is 15.6 Å². The average Bonchev–Trinajstić information content (AvgIpc) is 2.82. The summed E-state index contributed by atoms with van der Waals surface area (Å²) in [6.45, 7) is 2.02. The summed E-state index contributed by atoms with van der Waals surface area (Å²) in [5.74, 6) is 0.609. The second kappa shape index (κ2) is 3.60. The Balaban J connectivity index is 2.35. The van der Waals surface area contributed by atoms with E-state index in [9.17, 15) is 0 Å². The summed E-state index contributed by atoms with van der Waals surface area (Å²) in [6.07, 6.45) is 0. The van der Waals surface area contributed by atoms with Gasteiger partial charge in [0.1, 0.15) is 5.82 Å². The Hall–Kier alpha value is -1.81. The largest absolute Gasteiger partial charge is 0.382 e. The Morgan fingerprint density at radius 1 is 1.29 bits per heavy atom. The number of thiophene rings is 1. The Morgan fingerprint density at radius 3 is 2.76 bits per heavy atom. The van der Waals surface area contributed by atoms with Crippen molar-refractivity contribution < 1.29 is 0 Å². The molecule has 4 heteroatoms. The Morgan fingerprint density at radius 2 is 2.06 bits per heavy atom. The number of aryl methyl sites for hydroxylation is 1. The fraction of sp³-hybridized carbons (Fsp3) is 0.154. The molecule has 0 amide bonds. The molecule has 0 atom stereocenters. The van der Waals surface area contributed by atoms with E-state index < -0.39 is 0 Å². The van der Waals surface area contributed by atoms with Gasteiger partial charge in [-0.05, 0) is 13.0 Å². The van der Waals surface area contributed by atoms with Crippen LogP contribution >= 0.6 is 11.3 Å². The van der Waals surface area contributed by atoms with E-state index in [-0.39, 0.29) is 0 Å². The second-order valence-electron chi connectivity index (χ2n) is 4.13. The first-order chi connectivity index (χ1) is 8.18.